The van der Waals surface area contributed by atoms with Crippen molar-refractivity contribution < 1.29 is 54.9 Å². The molecule has 0 bridgehead atoms. The van der Waals surface area contributed by atoms with Crippen molar-refractivity contribution in [3.05, 3.63) is 59.2 Å². The van der Waals surface area contributed by atoms with Gasteiger partial charge in [0.1, 0.15) is 24.9 Å². The fourth-order valence-electron chi connectivity index (χ4n) is 3.91. The number of benzene rings is 2. The van der Waals surface area contributed by atoms with E-state index >= 15 is 0 Å². The van der Waals surface area contributed by atoms with E-state index in [9.17, 15) is 40.7 Å². The summed E-state index contributed by atoms with van der Waals surface area (Å²) in [6.07, 6.45) is -6.96. The highest BCUT2D eigenvalue weighted by molar-refractivity contribution is 6.41. The van der Waals surface area contributed by atoms with E-state index < -0.39 is 29.9 Å². The molecule has 2 aliphatic rings. The molecule has 10 nitrogen and oxygen atoms in total. The summed E-state index contributed by atoms with van der Waals surface area (Å²) >= 11 is 0. The van der Waals surface area contributed by atoms with Crippen LogP contribution in [-0.4, -0.2) is 79.4 Å². The second-order valence-electron chi connectivity index (χ2n) is 10.1. The van der Waals surface area contributed by atoms with E-state index in [2.05, 4.69) is 0 Å². The van der Waals surface area contributed by atoms with Gasteiger partial charge in [0.25, 0.3) is 0 Å². The summed E-state index contributed by atoms with van der Waals surface area (Å²) in [6, 6.07) is 12.1. The maximum Gasteiger partial charge on any atom is 0.458 e. The number of ketones is 2. The molecule has 0 radical (unpaired) electrons. The van der Waals surface area contributed by atoms with E-state index in [1.807, 2.05) is 4.90 Å². The Morgan fingerprint density at radius 3 is 1.82 bits per heavy atom. The third-order valence-corrected chi connectivity index (χ3v) is 6.54. The Morgan fingerprint density at radius 2 is 1.31 bits per heavy atom. The molecule has 4 rings (SSSR count). The first-order valence-electron chi connectivity index (χ1n) is 13.7. The van der Waals surface area contributed by atoms with Gasteiger partial charge in [-0.25, -0.2) is 4.79 Å². The first-order chi connectivity index (χ1) is 21.1. The van der Waals surface area contributed by atoms with Crippen molar-refractivity contribution in [1.82, 2.24) is 4.90 Å². The van der Waals surface area contributed by atoms with Crippen LogP contribution in [0.15, 0.2) is 42.5 Å². The molecule has 4 N–H and O–H groups in total. The number of esters is 1. The number of hydrogen-bond acceptors (Lipinski definition) is 8. The summed E-state index contributed by atoms with van der Waals surface area (Å²) < 4.78 is 83.9. The van der Waals surface area contributed by atoms with Gasteiger partial charge in [-0.15, -0.1) is 0 Å². The van der Waals surface area contributed by atoms with Gasteiger partial charge in [0, 0.05) is 24.2 Å². The first-order valence-corrected chi connectivity index (χ1v) is 13.7. The predicted octanol–water partition coefficient (Wildman–Crippen LogP) is 4.67. The van der Waals surface area contributed by atoms with E-state index in [1.165, 1.54) is 12.8 Å². The second-order valence-corrected chi connectivity index (χ2v) is 10.1. The maximum atomic E-state index is 12.4. The SMILES string of the molecule is N=C(N)c1ccc(OCC2CC2)c(OCCOC(=O)c2ccc(C(=N)N3CCCC3)cc2)c1.O=C(C(=O)C(F)(F)F)C(F)(F)F. The highest BCUT2D eigenvalue weighted by Gasteiger charge is 2.54. The number of ether oxygens (including phenoxy) is 3. The molecule has 2 aromatic rings. The first kappa shape index (κ1) is 34.9. The summed E-state index contributed by atoms with van der Waals surface area (Å²) in [5, 5.41) is 15.9. The van der Waals surface area contributed by atoms with E-state index in [-0.39, 0.29) is 19.0 Å². The average molecular weight is 645 g/mol. The molecule has 1 aliphatic carbocycles. The Hall–Kier alpha value is -4.63. The molecule has 0 spiro atoms. The quantitative estimate of drug-likeness (QED) is 0.0797. The minimum absolute atomic E-state index is 0.0544. The largest absolute Gasteiger partial charge is 0.489 e. The Morgan fingerprint density at radius 1 is 0.778 bits per heavy atom. The Labute approximate surface area is 253 Å². The zero-order chi connectivity index (χ0) is 33.4. The summed E-state index contributed by atoms with van der Waals surface area (Å²) in [5.74, 6) is -5.16. The van der Waals surface area contributed by atoms with Crippen molar-refractivity contribution in [2.75, 3.05) is 32.9 Å². The number of Topliss-reactive ketones (excluding diaryl/α,β-unsaturated/α-hetero) is 2. The van der Waals surface area contributed by atoms with E-state index in [4.69, 9.17) is 30.8 Å². The van der Waals surface area contributed by atoms with Crippen LogP contribution in [0.5, 0.6) is 11.5 Å². The van der Waals surface area contributed by atoms with Crippen LogP contribution in [0.1, 0.15) is 47.2 Å². The molecule has 1 heterocycles. The average Bonchev–Trinajstić information content (AvgIpc) is 3.66. The van der Waals surface area contributed by atoms with Crippen LogP contribution in [-0.2, 0) is 14.3 Å². The summed E-state index contributed by atoms with van der Waals surface area (Å²) in [4.78, 5) is 33.7. The number of hydrogen-bond donors (Lipinski definition) is 3. The number of carbonyl (C=O) groups excluding carboxylic acids is 3. The van der Waals surface area contributed by atoms with Crippen LogP contribution in [0, 0.1) is 16.7 Å². The topological polar surface area (TPSA) is 156 Å². The van der Waals surface area contributed by atoms with Gasteiger partial charge in [0.2, 0.25) is 0 Å². The van der Waals surface area contributed by atoms with Gasteiger partial charge in [0.15, 0.2) is 11.5 Å². The number of nitrogens with zero attached hydrogens (tertiary/aromatic N) is 1. The lowest BCUT2D eigenvalue weighted by Crippen LogP contribution is -2.39. The fraction of sp³-hybridized carbons (Fsp3) is 0.414. The van der Waals surface area contributed by atoms with Crippen LogP contribution in [0.3, 0.4) is 0 Å². The van der Waals surface area contributed by atoms with Gasteiger partial charge in [-0.1, -0.05) is 12.1 Å². The number of amidine groups is 2. The van der Waals surface area contributed by atoms with Crippen molar-refractivity contribution in [1.29, 1.82) is 10.8 Å². The molecule has 16 heteroatoms. The van der Waals surface area contributed by atoms with E-state index in [0.29, 0.717) is 41.0 Å². The van der Waals surface area contributed by atoms with Gasteiger partial charge < -0.3 is 24.8 Å². The molecule has 0 aromatic heterocycles. The molecular weight excluding hydrogens is 614 g/mol. The number of carbonyl (C=O) groups is 3. The molecule has 1 aliphatic heterocycles. The third-order valence-electron chi connectivity index (χ3n) is 6.54. The second kappa shape index (κ2) is 14.9. The predicted molar refractivity (Wildman–Crippen MR) is 148 cm³/mol. The highest BCUT2D eigenvalue weighted by atomic mass is 19.4. The number of halogens is 6. The molecule has 0 atom stereocenters. The molecule has 45 heavy (non-hydrogen) atoms. The molecule has 2 fully saturated rings. The van der Waals surface area contributed by atoms with Crippen molar-refractivity contribution in [3.8, 4) is 11.5 Å². The van der Waals surface area contributed by atoms with Crippen LogP contribution in [0.25, 0.3) is 0 Å². The smallest absolute Gasteiger partial charge is 0.458 e. The minimum Gasteiger partial charge on any atom is -0.489 e. The Kier molecular flexibility index (Phi) is 11.5. The summed E-state index contributed by atoms with van der Waals surface area (Å²) in [5.41, 5.74) is 7.36. The molecule has 0 unspecified atom stereocenters. The van der Waals surface area contributed by atoms with Crippen molar-refractivity contribution >= 4 is 29.2 Å². The molecular formula is C29H30F6N4O6. The maximum absolute atomic E-state index is 12.4. The third kappa shape index (κ3) is 10.5. The molecule has 2 aromatic carbocycles. The summed E-state index contributed by atoms with van der Waals surface area (Å²) in [6.45, 7) is 2.66. The monoisotopic (exact) mass is 644 g/mol. The van der Waals surface area contributed by atoms with Crippen molar-refractivity contribution in [2.24, 2.45) is 11.7 Å². The Balaban J connectivity index is 0.000000392. The lowest BCUT2D eigenvalue weighted by molar-refractivity contribution is -0.193. The lowest BCUT2D eigenvalue weighted by Gasteiger charge is -2.18. The summed E-state index contributed by atoms with van der Waals surface area (Å²) in [7, 11) is 0. The number of nitrogens with one attached hydrogen (secondary N) is 2. The van der Waals surface area contributed by atoms with Crippen LogP contribution < -0.4 is 15.2 Å². The van der Waals surface area contributed by atoms with E-state index in [0.717, 1.165) is 31.5 Å². The number of alkyl halides is 6. The zero-order valence-corrected chi connectivity index (χ0v) is 23.7. The van der Waals surface area contributed by atoms with Gasteiger partial charge in [0.05, 0.1) is 12.2 Å². The highest BCUT2D eigenvalue weighted by Crippen LogP contribution is 2.33. The number of likely N-dealkylation sites (tertiary alicyclic amines) is 1. The van der Waals surface area contributed by atoms with Crippen LogP contribution in [0.4, 0.5) is 26.3 Å². The fourth-order valence-corrected chi connectivity index (χ4v) is 3.91. The van der Waals surface area contributed by atoms with E-state index in [1.54, 1.807) is 42.5 Å². The minimum atomic E-state index is -5.77. The number of rotatable bonds is 11. The normalized spacial score (nSPS) is 14.6. The van der Waals surface area contributed by atoms with Crippen molar-refractivity contribution in [2.45, 2.75) is 38.0 Å². The van der Waals surface area contributed by atoms with Gasteiger partial charge in [-0.3, -0.25) is 20.4 Å². The lowest BCUT2D eigenvalue weighted by atomic mass is 10.1. The zero-order valence-electron chi connectivity index (χ0n) is 23.7. The van der Waals surface area contributed by atoms with Gasteiger partial charge in [-0.2, -0.15) is 26.3 Å². The molecule has 1 saturated carbocycles. The number of nitrogen functional groups attached to an aromatic ring is 1. The standard InChI is InChI=1S/C25H30N4O4.C4F6O2/c26-23(27)20-9-10-21(33-16-17-3-4-17)22(15-20)31-13-14-32-25(30)19-7-5-18(6-8-19)24(28)29-11-1-2-12-29;5-3(6,7)1(11)2(12)4(8,9)10/h5-10,15,17,28H,1-4,11-14,16H2,(H3,26,27);. The molecule has 244 valence electrons. The van der Waals surface area contributed by atoms with Crippen LogP contribution >= 0.6 is 0 Å². The van der Waals surface area contributed by atoms with Gasteiger partial charge >= 0.3 is 29.9 Å². The van der Waals surface area contributed by atoms with Crippen LogP contribution in [0.2, 0.25) is 0 Å². The Bertz CT molecular complexity index is 1380. The molecule has 1 saturated heterocycles. The van der Waals surface area contributed by atoms with Gasteiger partial charge in [-0.05, 0) is 61.9 Å². The molecule has 0 amide bonds. The number of nitrogens with two attached hydrogens (primary N) is 1. The van der Waals surface area contributed by atoms with Crippen molar-refractivity contribution in [3.63, 3.8) is 0 Å².